The fourth-order valence-corrected chi connectivity index (χ4v) is 4.22. The number of nitriles is 1. The van der Waals surface area contributed by atoms with E-state index in [1.807, 2.05) is 12.1 Å². The van der Waals surface area contributed by atoms with Gasteiger partial charge in [-0.15, -0.1) is 0 Å². The zero-order chi connectivity index (χ0) is 24.8. The average Bonchev–Trinajstić information content (AvgIpc) is 3.35. The van der Waals surface area contributed by atoms with E-state index in [0.717, 1.165) is 5.56 Å². The van der Waals surface area contributed by atoms with Gasteiger partial charge in [-0.1, -0.05) is 12.1 Å². The molecule has 4 rings (SSSR count). The molecule has 0 bridgehead atoms. The van der Waals surface area contributed by atoms with Crippen LogP contribution >= 0.6 is 0 Å². The van der Waals surface area contributed by atoms with Crippen molar-refractivity contribution in [2.24, 2.45) is 0 Å². The SMILES string of the molecule is N#Cc1ccc(CCNC(=O)[C@@H]2CCCN2c2cc(OC3CCOCC3)nc(C(F)(F)F)n2)cc1. The lowest BCUT2D eigenvalue weighted by molar-refractivity contribution is -0.145. The first-order chi connectivity index (χ1) is 16.8. The predicted octanol–water partition coefficient (Wildman–Crippen LogP) is 3.25. The van der Waals surface area contributed by atoms with Crippen LogP contribution in [0.1, 0.15) is 42.6 Å². The third kappa shape index (κ3) is 6.39. The van der Waals surface area contributed by atoms with Gasteiger partial charge in [-0.05, 0) is 37.0 Å². The summed E-state index contributed by atoms with van der Waals surface area (Å²) in [7, 11) is 0. The lowest BCUT2D eigenvalue weighted by Gasteiger charge is -2.27. The number of anilines is 1. The van der Waals surface area contributed by atoms with Crippen LogP contribution in [-0.4, -0.2) is 54.3 Å². The molecule has 1 aromatic heterocycles. The molecule has 11 heteroatoms. The van der Waals surface area contributed by atoms with Crippen molar-refractivity contribution in [3.8, 4) is 11.9 Å². The molecule has 0 aliphatic carbocycles. The molecule has 35 heavy (non-hydrogen) atoms. The fraction of sp³-hybridized carbons (Fsp3) is 0.500. The monoisotopic (exact) mass is 489 g/mol. The molecule has 1 atom stereocenters. The van der Waals surface area contributed by atoms with Crippen LogP contribution in [0.2, 0.25) is 0 Å². The van der Waals surface area contributed by atoms with Crippen molar-refractivity contribution in [3.05, 3.63) is 47.3 Å². The highest BCUT2D eigenvalue weighted by Crippen LogP contribution is 2.33. The van der Waals surface area contributed by atoms with Crippen LogP contribution in [0, 0.1) is 11.3 Å². The van der Waals surface area contributed by atoms with Gasteiger partial charge in [0.25, 0.3) is 0 Å². The van der Waals surface area contributed by atoms with Crippen LogP contribution in [0.5, 0.6) is 5.88 Å². The van der Waals surface area contributed by atoms with E-state index in [0.29, 0.717) is 64.0 Å². The molecular formula is C24H26F3N5O3. The molecule has 0 saturated carbocycles. The fourth-order valence-electron chi connectivity index (χ4n) is 4.22. The molecular weight excluding hydrogens is 463 g/mol. The molecule has 1 aromatic carbocycles. The number of ether oxygens (including phenoxy) is 2. The van der Waals surface area contributed by atoms with E-state index in [9.17, 15) is 18.0 Å². The van der Waals surface area contributed by atoms with Crippen molar-refractivity contribution in [3.63, 3.8) is 0 Å². The maximum Gasteiger partial charge on any atom is 0.451 e. The average molecular weight is 489 g/mol. The summed E-state index contributed by atoms with van der Waals surface area (Å²) < 4.78 is 51.6. The first-order valence-corrected chi connectivity index (χ1v) is 11.6. The number of amides is 1. The van der Waals surface area contributed by atoms with Gasteiger partial charge >= 0.3 is 6.18 Å². The van der Waals surface area contributed by atoms with Crippen LogP contribution in [0.25, 0.3) is 0 Å². The van der Waals surface area contributed by atoms with Crippen molar-refractivity contribution in [1.82, 2.24) is 15.3 Å². The Kier molecular flexibility index (Phi) is 7.70. The second-order valence-corrected chi connectivity index (χ2v) is 8.52. The number of rotatable bonds is 7. The first kappa shape index (κ1) is 24.7. The Morgan fingerprint density at radius 3 is 2.63 bits per heavy atom. The number of carbonyl (C=O) groups excluding carboxylic acids is 1. The summed E-state index contributed by atoms with van der Waals surface area (Å²) in [5.74, 6) is -1.68. The minimum absolute atomic E-state index is 0.0270. The molecule has 2 aromatic rings. The summed E-state index contributed by atoms with van der Waals surface area (Å²) >= 11 is 0. The van der Waals surface area contributed by atoms with Gasteiger partial charge in [0.1, 0.15) is 18.0 Å². The lowest BCUT2D eigenvalue weighted by atomic mass is 10.1. The molecule has 186 valence electrons. The van der Waals surface area contributed by atoms with Crippen LogP contribution < -0.4 is 15.0 Å². The molecule has 0 unspecified atom stereocenters. The summed E-state index contributed by atoms with van der Waals surface area (Å²) in [6.07, 6.45) is -2.18. The Morgan fingerprint density at radius 2 is 1.94 bits per heavy atom. The van der Waals surface area contributed by atoms with E-state index in [2.05, 4.69) is 21.4 Å². The predicted molar refractivity (Wildman–Crippen MR) is 120 cm³/mol. The van der Waals surface area contributed by atoms with Gasteiger partial charge in [0.05, 0.1) is 24.8 Å². The number of aromatic nitrogens is 2. The van der Waals surface area contributed by atoms with E-state index in [1.165, 1.54) is 6.07 Å². The minimum Gasteiger partial charge on any atom is -0.474 e. The number of nitrogens with zero attached hydrogens (tertiary/aromatic N) is 4. The van der Waals surface area contributed by atoms with Gasteiger partial charge < -0.3 is 19.7 Å². The molecule has 1 N–H and O–H groups in total. The molecule has 2 aliphatic rings. The summed E-state index contributed by atoms with van der Waals surface area (Å²) in [5, 5.41) is 11.8. The Morgan fingerprint density at radius 1 is 1.20 bits per heavy atom. The number of halogens is 3. The Hall–Kier alpha value is -3.39. The largest absolute Gasteiger partial charge is 0.474 e. The maximum absolute atomic E-state index is 13.5. The summed E-state index contributed by atoms with van der Waals surface area (Å²) in [5.41, 5.74) is 1.52. The van der Waals surface area contributed by atoms with Gasteiger partial charge in [0.15, 0.2) is 0 Å². The number of hydrogen-bond acceptors (Lipinski definition) is 7. The van der Waals surface area contributed by atoms with Crippen molar-refractivity contribution >= 4 is 11.7 Å². The molecule has 3 heterocycles. The third-order valence-electron chi connectivity index (χ3n) is 6.04. The topological polar surface area (TPSA) is 100 Å². The molecule has 8 nitrogen and oxygen atoms in total. The molecule has 2 aliphatic heterocycles. The lowest BCUT2D eigenvalue weighted by Crippen LogP contribution is -2.44. The minimum atomic E-state index is -4.75. The first-order valence-electron chi connectivity index (χ1n) is 11.6. The summed E-state index contributed by atoms with van der Waals surface area (Å²) in [4.78, 5) is 21.8. The van der Waals surface area contributed by atoms with Crippen LogP contribution in [0.15, 0.2) is 30.3 Å². The van der Waals surface area contributed by atoms with Crippen molar-refractivity contribution in [1.29, 1.82) is 5.26 Å². The third-order valence-corrected chi connectivity index (χ3v) is 6.04. The van der Waals surface area contributed by atoms with Gasteiger partial charge in [-0.3, -0.25) is 4.79 Å². The smallest absolute Gasteiger partial charge is 0.451 e. The van der Waals surface area contributed by atoms with Gasteiger partial charge in [-0.25, -0.2) is 4.98 Å². The number of nitrogens with one attached hydrogen (secondary N) is 1. The zero-order valence-corrected chi connectivity index (χ0v) is 19.1. The zero-order valence-electron chi connectivity index (χ0n) is 19.1. The highest BCUT2D eigenvalue weighted by molar-refractivity contribution is 5.85. The standard InChI is InChI=1S/C24H26F3N5O3/c25-24(26,27)23-30-20(14-21(31-23)35-18-8-12-34-13-9-18)32-11-1-2-19(32)22(33)29-10-7-16-3-5-17(15-28)6-4-16/h3-6,14,18-19H,1-2,7-13H2,(H,29,33)/t19-/m0/s1. The van der Waals surface area contributed by atoms with Crippen molar-refractivity contribution in [2.45, 2.75) is 50.4 Å². The van der Waals surface area contributed by atoms with E-state index < -0.39 is 18.0 Å². The Balaban J connectivity index is 1.45. The van der Waals surface area contributed by atoms with Crippen LogP contribution in [0.3, 0.4) is 0 Å². The van der Waals surface area contributed by atoms with Crippen LogP contribution in [-0.2, 0) is 22.1 Å². The highest BCUT2D eigenvalue weighted by Gasteiger charge is 2.38. The van der Waals surface area contributed by atoms with Gasteiger partial charge in [-0.2, -0.15) is 23.4 Å². The van der Waals surface area contributed by atoms with Gasteiger partial charge in [0, 0.05) is 32.0 Å². The molecule has 0 radical (unpaired) electrons. The second-order valence-electron chi connectivity index (χ2n) is 8.52. The quantitative estimate of drug-likeness (QED) is 0.637. The number of benzene rings is 1. The molecule has 2 saturated heterocycles. The number of alkyl halides is 3. The van der Waals surface area contributed by atoms with E-state index in [-0.39, 0.29) is 23.7 Å². The maximum atomic E-state index is 13.5. The second kappa shape index (κ2) is 10.9. The molecule has 0 spiro atoms. The molecule has 2 fully saturated rings. The van der Waals surface area contributed by atoms with Crippen molar-refractivity contribution in [2.75, 3.05) is 31.2 Å². The van der Waals surface area contributed by atoms with E-state index in [4.69, 9.17) is 14.7 Å². The highest BCUT2D eigenvalue weighted by atomic mass is 19.4. The van der Waals surface area contributed by atoms with Gasteiger partial charge in [0.2, 0.25) is 17.6 Å². The summed E-state index contributed by atoms with van der Waals surface area (Å²) in [6, 6.07) is 9.88. The number of carbonyl (C=O) groups is 1. The van der Waals surface area contributed by atoms with Crippen molar-refractivity contribution < 1.29 is 27.4 Å². The van der Waals surface area contributed by atoms with E-state index >= 15 is 0 Å². The van der Waals surface area contributed by atoms with Crippen LogP contribution in [0.4, 0.5) is 19.0 Å². The van der Waals surface area contributed by atoms with E-state index in [1.54, 1.807) is 17.0 Å². The normalized spacial score (nSPS) is 18.8. The Bertz CT molecular complexity index is 1070. The molecule has 1 amide bonds. The number of hydrogen-bond donors (Lipinski definition) is 1. The summed E-state index contributed by atoms with van der Waals surface area (Å²) in [6.45, 7) is 1.72. The Labute approximate surface area is 201 Å².